The first kappa shape index (κ1) is 16.3. The maximum atomic E-state index is 12.8. The van der Waals surface area contributed by atoms with Gasteiger partial charge in [0.25, 0.3) is 0 Å². The second kappa shape index (κ2) is 6.96. The number of amides is 1. The highest BCUT2D eigenvalue weighted by atomic mass is 16.5. The maximum Gasteiger partial charge on any atom is 0.223 e. The Labute approximate surface area is 147 Å². The Hall–Kier alpha value is -2.21. The van der Waals surface area contributed by atoms with E-state index in [4.69, 9.17) is 4.74 Å². The molecule has 1 fully saturated rings. The van der Waals surface area contributed by atoms with Crippen LogP contribution in [0.2, 0.25) is 0 Å². The van der Waals surface area contributed by atoms with E-state index in [2.05, 4.69) is 39.4 Å². The van der Waals surface area contributed by atoms with Gasteiger partial charge in [0.15, 0.2) is 5.82 Å². The smallest absolute Gasteiger partial charge is 0.223 e. The molecule has 0 radical (unpaired) electrons. The third kappa shape index (κ3) is 3.31. The molecule has 0 spiro atoms. The summed E-state index contributed by atoms with van der Waals surface area (Å²) in [5.74, 6) is 2.06. The summed E-state index contributed by atoms with van der Waals surface area (Å²) in [4.78, 5) is 19.2. The highest BCUT2D eigenvalue weighted by Crippen LogP contribution is 2.36. The number of H-pyrrole nitrogens is 1. The van der Waals surface area contributed by atoms with Crippen LogP contribution in [0, 0.1) is 0 Å². The number of carbonyl (C=O) groups excluding carboxylic acids is 1. The van der Waals surface area contributed by atoms with Crippen LogP contribution in [0.5, 0.6) is 0 Å². The minimum Gasteiger partial charge on any atom is -0.366 e. The highest BCUT2D eigenvalue weighted by molar-refractivity contribution is 5.77. The molecule has 2 atom stereocenters. The molecule has 4 rings (SSSR count). The van der Waals surface area contributed by atoms with Crippen molar-refractivity contribution in [3.63, 3.8) is 0 Å². The van der Waals surface area contributed by atoms with Crippen molar-refractivity contribution >= 4 is 5.91 Å². The lowest BCUT2D eigenvalue weighted by molar-refractivity contribution is -0.139. The van der Waals surface area contributed by atoms with E-state index in [0.29, 0.717) is 37.9 Å². The van der Waals surface area contributed by atoms with E-state index in [-0.39, 0.29) is 12.0 Å². The summed E-state index contributed by atoms with van der Waals surface area (Å²) >= 11 is 0. The number of hydrogen-bond donors (Lipinski definition) is 1. The molecule has 0 unspecified atom stereocenters. The molecule has 25 heavy (non-hydrogen) atoms. The predicted octanol–water partition coefficient (Wildman–Crippen LogP) is 2.39. The Morgan fingerprint density at radius 3 is 3.12 bits per heavy atom. The topological polar surface area (TPSA) is 71.1 Å². The Kier molecular flexibility index (Phi) is 4.53. The number of aromatic nitrogens is 3. The number of ether oxygens (including phenoxy) is 1. The number of benzene rings is 1. The molecule has 1 N–H and O–H groups in total. The van der Waals surface area contributed by atoms with E-state index in [0.717, 1.165) is 25.1 Å². The molecule has 1 saturated heterocycles. The van der Waals surface area contributed by atoms with Gasteiger partial charge < -0.3 is 9.64 Å². The van der Waals surface area contributed by atoms with Crippen LogP contribution in [-0.2, 0) is 22.4 Å². The van der Waals surface area contributed by atoms with E-state index in [9.17, 15) is 4.79 Å². The molecule has 1 aliphatic heterocycles. The SMILES string of the molecule is CCc1nc([C@H]2CN(C(=O)C[C@@H]3CCc4ccccc43)CCO2)n[nH]1. The fourth-order valence-corrected chi connectivity index (χ4v) is 3.84. The Morgan fingerprint density at radius 1 is 1.40 bits per heavy atom. The summed E-state index contributed by atoms with van der Waals surface area (Å²) in [6.07, 6.45) is 3.31. The summed E-state index contributed by atoms with van der Waals surface area (Å²) in [5.41, 5.74) is 2.75. The van der Waals surface area contributed by atoms with Crippen molar-refractivity contribution in [1.29, 1.82) is 0 Å². The number of aromatic amines is 1. The van der Waals surface area contributed by atoms with Gasteiger partial charge in [-0.25, -0.2) is 4.98 Å². The number of rotatable bonds is 4. The molecule has 2 aromatic rings. The standard InChI is InChI=1S/C19H24N4O2/c1-2-17-20-19(22-21-17)16-12-23(9-10-25-16)18(24)11-14-8-7-13-5-3-4-6-15(13)14/h3-6,14,16H,2,7-12H2,1H3,(H,20,21,22)/t14-,16+/m0/s1. The molecule has 6 heteroatoms. The number of nitrogens with zero attached hydrogens (tertiary/aromatic N) is 3. The minimum absolute atomic E-state index is 0.209. The second-order valence-electron chi connectivity index (χ2n) is 6.83. The number of aryl methyl sites for hydroxylation is 2. The normalized spacial score (nSPS) is 22.8. The van der Waals surface area contributed by atoms with E-state index < -0.39 is 0 Å². The molecule has 1 aliphatic carbocycles. The first-order chi connectivity index (χ1) is 12.2. The lowest BCUT2D eigenvalue weighted by atomic mass is 9.97. The molecule has 1 aromatic heterocycles. The third-order valence-corrected chi connectivity index (χ3v) is 5.27. The lowest BCUT2D eigenvalue weighted by Crippen LogP contribution is -2.42. The number of nitrogens with one attached hydrogen (secondary N) is 1. The van der Waals surface area contributed by atoms with Gasteiger partial charge in [-0.2, -0.15) is 5.10 Å². The summed E-state index contributed by atoms with van der Waals surface area (Å²) in [6.45, 7) is 3.75. The lowest BCUT2D eigenvalue weighted by Gasteiger charge is -2.32. The van der Waals surface area contributed by atoms with Crippen LogP contribution in [0.15, 0.2) is 24.3 Å². The average Bonchev–Trinajstić information content (AvgIpc) is 3.29. The van der Waals surface area contributed by atoms with Crippen molar-refractivity contribution in [2.24, 2.45) is 0 Å². The Morgan fingerprint density at radius 2 is 2.28 bits per heavy atom. The van der Waals surface area contributed by atoms with Crippen LogP contribution in [0.1, 0.15) is 54.6 Å². The van der Waals surface area contributed by atoms with Gasteiger partial charge >= 0.3 is 0 Å². The van der Waals surface area contributed by atoms with Crippen molar-refractivity contribution in [1.82, 2.24) is 20.1 Å². The van der Waals surface area contributed by atoms with Crippen LogP contribution in [0.3, 0.4) is 0 Å². The molecule has 132 valence electrons. The molecule has 0 saturated carbocycles. The van der Waals surface area contributed by atoms with E-state index >= 15 is 0 Å². The van der Waals surface area contributed by atoms with Gasteiger partial charge in [0.05, 0.1) is 13.2 Å². The van der Waals surface area contributed by atoms with Crippen molar-refractivity contribution in [2.75, 3.05) is 19.7 Å². The zero-order valence-electron chi connectivity index (χ0n) is 14.6. The molecule has 6 nitrogen and oxygen atoms in total. The number of hydrogen-bond acceptors (Lipinski definition) is 4. The molecule has 2 aliphatic rings. The van der Waals surface area contributed by atoms with Crippen molar-refractivity contribution in [2.45, 2.75) is 44.6 Å². The van der Waals surface area contributed by atoms with Crippen molar-refractivity contribution in [3.05, 3.63) is 47.0 Å². The van der Waals surface area contributed by atoms with E-state index in [1.165, 1.54) is 11.1 Å². The summed E-state index contributed by atoms with van der Waals surface area (Å²) in [5, 5.41) is 7.16. The number of carbonyl (C=O) groups is 1. The molecule has 0 bridgehead atoms. The number of morpholine rings is 1. The van der Waals surface area contributed by atoms with Crippen LogP contribution in [0.4, 0.5) is 0 Å². The number of fused-ring (bicyclic) bond motifs is 1. The van der Waals surface area contributed by atoms with E-state index in [1.54, 1.807) is 0 Å². The van der Waals surface area contributed by atoms with Crippen LogP contribution < -0.4 is 0 Å². The van der Waals surface area contributed by atoms with Gasteiger partial charge in [-0.05, 0) is 29.9 Å². The summed E-state index contributed by atoms with van der Waals surface area (Å²) in [6, 6.07) is 8.50. The molecule has 2 heterocycles. The zero-order valence-corrected chi connectivity index (χ0v) is 14.6. The highest BCUT2D eigenvalue weighted by Gasteiger charge is 2.31. The quantitative estimate of drug-likeness (QED) is 0.928. The maximum absolute atomic E-state index is 12.8. The first-order valence-electron chi connectivity index (χ1n) is 9.13. The van der Waals surface area contributed by atoms with Gasteiger partial charge in [0.1, 0.15) is 11.9 Å². The monoisotopic (exact) mass is 340 g/mol. The summed E-state index contributed by atoms with van der Waals surface area (Å²) in [7, 11) is 0. The van der Waals surface area contributed by atoms with Gasteiger partial charge in [-0.3, -0.25) is 9.89 Å². The average molecular weight is 340 g/mol. The Balaban J connectivity index is 1.40. The largest absolute Gasteiger partial charge is 0.366 e. The summed E-state index contributed by atoms with van der Waals surface area (Å²) < 4.78 is 5.79. The van der Waals surface area contributed by atoms with Crippen molar-refractivity contribution in [3.8, 4) is 0 Å². The van der Waals surface area contributed by atoms with Crippen LogP contribution >= 0.6 is 0 Å². The second-order valence-corrected chi connectivity index (χ2v) is 6.83. The molecular weight excluding hydrogens is 316 g/mol. The van der Waals surface area contributed by atoms with E-state index in [1.807, 2.05) is 11.8 Å². The minimum atomic E-state index is -0.231. The molecule has 1 amide bonds. The van der Waals surface area contributed by atoms with Gasteiger partial charge in [0, 0.05) is 19.4 Å². The first-order valence-corrected chi connectivity index (χ1v) is 9.13. The van der Waals surface area contributed by atoms with Crippen molar-refractivity contribution < 1.29 is 9.53 Å². The Bertz CT molecular complexity index is 757. The third-order valence-electron chi connectivity index (χ3n) is 5.27. The van der Waals surface area contributed by atoms with Gasteiger partial charge in [0.2, 0.25) is 5.91 Å². The van der Waals surface area contributed by atoms with Gasteiger partial charge in [-0.1, -0.05) is 31.2 Å². The van der Waals surface area contributed by atoms with Crippen LogP contribution in [0.25, 0.3) is 0 Å². The predicted molar refractivity (Wildman–Crippen MR) is 93.2 cm³/mol. The fourth-order valence-electron chi connectivity index (χ4n) is 3.84. The van der Waals surface area contributed by atoms with Crippen LogP contribution in [-0.4, -0.2) is 45.7 Å². The fraction of sp³-hybridized carbons (Fsp3) is 0.526. The molecule has 1 aromatic carbocycles. The molecular formula is C19H24N4O2. The van der Waals surface area contributed by atoms with Gasteiger partial charge in [-0.15, -0.1) is 0 Å². The zero-order chi connectivity index (χ0) is 17.2.